The first kappa shape index (κ1) is 14.0. The van der Waals surface area contributed by atoms with Crippen LogP contribution in [0.1, 0.15) is 24.1 Å². The maximum absolute atomic E-state index is 5.92. The molecule has 0 aliphatic carbocycles. The van der Waals surface area contributed by atoms with E-state index in [-0.39, 0.29) is 0 Å². The Morgan fingerprint density at radius 1 is 1.20 bits per heavy atom. The van der Waals surface area contributed by atoms with Gasteiger partial charge in [-0.2, -0.15) is 0 Å². The molecule has 0 saturated carbocycles. The number of thioether (sulfide) groups is 1. The standard InChI is InChI=1S/C17H18ClNS/c1-12(13-6-8-15(18)9-7-13)19-11-16-10-14-4-2-3-5-17(14)20-16/h2-9,12,16,19H,10-11H2,1H3. The van der Waals surface area contributed by atoms with E-state index in [1.807, 2.05) is 23.9 Å². The highest BCUT2D eigenvalue weighted by Gasteiger charge is 2.21. The summed E-state index contributed by atoms with van der Waals surface area (Å²) in [5.41, 5.74) is 2.78. The number of hydrogen-bond donors (Lipinski definition) is 1. The summed E-state index contributed by atoms with van der Waals surface area (Å²) in [5, 5.41) is 5.07. The summed E-state index contributed by atoms with van der Waals surface area (Å²) in [6.07, 6.45) is 1.17. The van der Waals surface area contributed by atoms with Crippen LogP contribution in [0.5, 0.6) is 0 Å². The zero-order valence-corrected chi connectivity index (χ0v) is 13.0. The van der Waals surface area contributed by atoms with Crippen LogP contribution < -0.4 is 5.32 Å². The lowest BCUT2D eigenvalue weighted by Crippen LogP contribution is -2.27. The van der Waals surface area contributed by atoms with Crippen LogP contribution in [0.25, 0.3) is 0 Å². The van der Waals surface area contributed by atoms with E-state index in [1.165, 1.54) is 22.4 Å². The minimum absolute atomic E-state index is 0.358. The molecule has 0 spiro atoms. The highest BCUT2D eigenvalue weighted by molar-refractivity contribution is 8.00. The van der Waals surface area contributed by atoms with E-state index in [1.54, 1.807) is 0 Å². The van der Waals surface area contributed by atoms with Crippen molar-refractivity contribution in [3.05, 3.63) is 64.7 Å². The molecule has 2 aromatic rings. The quantitative estimate of drug-likeness (QED) is 0.878. The van der Waals surface area contributed by atoms with Gasteiger partial charge in [0.1, 0.15) is 0 Å². The zero-order valence-electron chi connectivity index (χ0n) is 11.5. The average molecular weight is 304 g/mol. The van der Waals surface area contributed by atoms with Crippen molar-refractivity contribution in [3.8, 4) is 0 Å². The lowest BCUT2D eigenvalue weighted by atomic mass is 10.1. The van der Waals surface area contributed by atoms with E-state index in [0.717, 1.165) is 11.6 Å². The van der Waals surface area contributed by atoms with Crippen LogP contribution in [-0.2, 0) is 6.42 Å². The summed E-state index contributed by atoms with van der Waals surface area (Å²) >= 11 is 7.92. The average Bonchev–Trinajstić information content (AvgIpc) is 2.88. The van der Waals surface area contributed by atoms with Crippen molar-refractivity contribution in [3.63, 3.8) is 0 Å². The molecule has 20 heavy (non-hydrogen) atoms. The van der Waals surface area contributed by atoms with Crippen molar-refractivity contribution in [2.45, 2.75) is 29.5 Å². The minimum Gasteiger partial charge on any atom is -0.309 e. The Hall–Kier alpha value is -0.960. The Morgan fingerprint density at radius 3 is 2.70 bits per heavy atom. The lowest BCUT2D eigenvalue weighted by Gasteiger charge is -2.17. The molecular weight excluding hydrogens is 286 g/mol. The number of rotatable bonds is 4. The van der Waals surface area contributed by atoms with E-state index in [2.05, 4.69) is 48.6 Å². The second-order valence-electron chi connectivity index (χ2n) is 5.23. The van der Waals surface area contributed by atoms with Crippen LogP contribution in [0.3, 0.4) is 0 Å². The van der Waals surface area contributed by atoms with Gasteiger partial charge in [-0.3, -0.25) is 0 Å². The third kappa shape index (κ3) is 3.20. The maximum atomic E-state index is 5.92. The molecule has 3 heteroatoms. The number of fused-ring (bicyclic) bond motifs is 1. The van der Waals surface area contributed by atoms with Crippen LogP contribution in [0.2, 0.25) is 5.02 Å². The topological polar surface area (TPSA) is 12.0 Å². The van der Waals surface area contributed by atoms with Gasteiger partial charge >= 0.3 is 0 Å². The SMILES string of the molecule is CC(NCC1Cc2ccccc2S1)c1ccc(Cl)cc1. The molecule has 2 aromatic carbocycles. The third-order valence-corrected chi connectivity index (χ3v) is 5.31. The van der Waals surface area contributed by atoms with Gasteiger partial charge in [0.15, 0.2) is 0 Å². The molecule has 1 aliphatic rings. The van der Waals surface area contributed by atoms with Crippen molar-refractivity contribution >= 4 is 23.4 Å². The first-order valence-electron chi connectivity index (χ1n) is 6.96. The molecule has 1 nitrogen and oxygen atoms in total. The predicted molar refractivity (Wildman–Crippen MR) is 87.7 cm³/mol. The molecule has 2 atom stereocenters. The molecule has 0 fully saturated rings. The summed E-state index contributed by atoms with van der Waals surface area (Å²) in [6, 6.07) is 17.2. The molecule has 0 bridgehead atoms. The van der Waals surface area contributed by atoms with Crippen LogP contribution in [0, 0.1) is 0 Å². The number of benzene rings is 2. The van der Waals surface area contributed by atoms with Gasteiger partial charge in [0.05, 0.1) is 0 Å². The summed E-state index contributed by atoms with van der Waals surface area (Å²) in [4.78, 5) is 1.44. The maximum Gasteiger partial charge on any atom is 0.0406 e. The molecular formula is C17H18ClNS. The van der Waals surface area contributed by atoms with Crippen molar-refractivity contribution in [1.29, 1.82) is 0 Å². The molecule has 0 saturated heterocycles. The van der Waals surface area contributed by atoms with Crippen LogP contribution in [-0.4, -0.2) is 11.8 Å². The highest BCUT2D eigenvalue weighted by Crippen LogP contribution is 2.36. The van der Waals surface area contributed by atoms with Gasteiger partial charge in [0.25, 0.3) is 0 Å². The first-order valence-corrected chi connectivity index (χ1v) is 8.21. The van der Waals surface area contributed by atoms with Crippen molar-refractivity contribution in [2.75, 3.05) is 6.54 Å². The number of hydrogen-bond acceptors (Lipinski definition) is 2. The fourth-order valence-corrected chi connectivity index (χ4v) is 3.93. The van der Waals surface area contributed by atoms with Crippen molar-refractivity contribution in [1.82, 2.24) is 5.32 Å². The molecule has 2 unspecified atom stereocenters. The second-order valence-corrected chi connectivity index (χ2v) is 7.01. The van der Waals surface area contributed by atoms with Crippen LogP contribution in [0.4, 0.5) is 0 Å². The number of nitrogens with one attached hydrogen (secondary N) is 1. The minimum atomic E-state index is 0.358. The van der Waals surface area contributed by atoms with Gasteiger partial charge < -0.3 is 5.32 Å². The molecule has 0 aromatic heterocycles. The Kier molecular flexibility index (Phi) is 4.35. The van der Waals surface area contributed by atoms with Gasteiger partial charge in [-0.15, -0.1) is 11.8 Å². The molecule has 0 radical (unpaired) electrons. The molecule has 1 aliphatic heterocycles. The zero-order chi connectivity index (χ0) is 13.9. The van der Waals surface area contributed by atoms with Gasteiger partial charge in [-0.1, -0.05) is 41.9 Å². The summed E-state index contributed by atoms with van der Waals surface area (Å²) in [6.45, 7) is 3.24. The van der Waals surface area contributed by atoms with Gasteiger partial charge in [0.2, 0.25) is 0 Å². The summed E-state index contributed by atoms with van der Waals surface area (Å²) in [7, 11) is 0. The van der Waals surface area contributed by atoms with Crippen molar-refractivity contribution in [2.24, 2.45) is 0 Å². The Morgan fingerprint density at radius 2 is 1.95 bits per heavy atom. The molecule has 1 N–H and O–H groups in total. The summed E-state index contributed by atoms with van der Waals surface area (Å²) < 4.78 is 0. The second kappa shape index (κ2) is 6.21. The Balaban J connectivity index is 1.55. The highest BCUT2D eigenvalue weighted by atomic mass is 35.5. The van der Waals surface area contributed by atoms with E-state index >= 15 is 0 Å². The van der Waals surface area contributed by atoms with E-state index in [0.29, 0.717) is 11.3 Å². The van der Waals surface area contributed by atoms with E-state index < -0.39 is 0 Å². The van der Waals surface area contributed by atoms with Gasteiger partial charge in [-0.25, -0.2) is 0 Å². The normalized spacial score (nSPS) is 18.8. The monoisotopic (exact) mass is 303 g/mol. The van der Waals surface area contributed by atoms with E-state index in [9.17, 15) is 0 Å². The van der Waals surface area contributed by atoms with Crippen molar-refractivity contribution < 1.29 is 0 Å². The molecule has 0 amide bonds. The molecule has 104 valence electrons. The smallest absolute Gasteiger partial charge is 0.0406 e. The predicted octanol–water partition coefficient (Wildman–Crippen LogP) is 4.71. The largest absolute Gasteiger partial charge is 0.309 e. The fourth-order valence-electron chi connectivity index (χ4n) is 2.55. The molecule has 3 rings (SSSR count). The first-order chi connectivity index (χ1) is 9.72. The Bertz CT molecular complexity index is 557. The third-order valence-electron chi connectivity index (χ3n) is 3.74. The summed E-state index contributed by atoms with van der Waals surface area (Å²) in [5.74, 6) is 0. The number of halogens is 1. The lowest BCUT2D eigenvalue weighted by molar-refractivity contribution is 0.567. The van der Waals surface area contributed by atoms with E-state index in [4.69, 9.17) is 11.6 Å². The van der Waals surface area contributed by atoms with Gasteiger partial charge in [-0.05, 0) is 42.7 Å². The van der Waals surface area contributed by atoms with Crippen LogP contribution in [0.15, 0.2) is 53.4 Å². The van der Waals surface area contributed by atoms with Crippen LogP contribution >= 0.6 is 23.4 Å². The fraction of sp³-hybridized carbons (Fsp3) is 0.294. The van der Waals surface area contributed by atoms with Gasteiger partial charge in [0, 0.05) is 27.8 Å². The molecule has 1 heterocycles. The Labute approximate surface area is 129 Å².